The minimum Gasteiger partial charge on any atom is -0.397 e. The maximum Gasteiger partial charge on any atom is 0.171 e. The van der Waals surface area contributed by atoms with Gasteiger partial charge in [0.15, 0.2) is 5.78 Å². The number of anilines is 2. The third-order valence-corrected chi connectivity index (χ3v) is 3.55. The third kappa shape index (κ3) is 3.85. The second-order valence-electron chi connectivity index (χ2n) is 4.41. The highest BCUT2D eigenvalue weighted by Gasteiger charge is 2.09. The molecule has 3 N–H and O–H groups in total. The molecule has 90 valence electrons. The molecule has 1 heterocycles. The molecule has 0 aliphatic heterocycles. The fourth-order valence-electron chi connectivity index (χ4n) is 1.49. The average Bonchev–Trinajstić information content (AvgIpc) is 2.54. The predicted octanol–water partition coefficient (Wildman–Crippen LogP) is 3.38. The van der Waals surface area contributed by atoms with Crippen molar-refractivity contribution in [1.29, 1.82) is 0 Å². The first-order chi connectivity index (χ1) is 7.50. The molecule has 0 aromatic carbocycles. The second-order valence-corrected chi connectivity index (χ2v) is 5.47. The van der Waals surface area contributed by atoms with Crippen molar-refractivity contribution in [1.82, 2.24) is 0 Å². The lowest BCUT2D eigenvalue weighted by Gasteiger charge is -2.05. The van der Waals surface area contributed by atoms with Gasteiger partial charge >= 0.3 is 0 Å². The van der Waals surface area contributed by atoms with Crippen molar-refractivity contribution >= 4 is 27.8 Å². The molecule has 0 radical (unpaired) electrons. The number of hydrogen-bond donors (Lipinski definition) is 2. The Kier molecular flexibility index (Phi) is 4.80. The van der Waals surface area contributed by atoms with Gasteiger partial charge in [0.25, 0.3) is 0 Å². The van der Waals surface area contributed by atoms with Crippen LogP contribution in [0, 0.1) is 5.92 Å². The Labute approximate surface area is 101 Å². The highest BCUT2D eigenvalue weighted by molar-refractivity contribution is 7.18. The van der Waals surface area contributed by atoms with Crippen molar-refractivity contribution in [3.8, 4) is 0 Å². The van der Waals surface area contributed by atoms with Gasteiger partial charge in [0.05, 0.1) is 15.6 Å². The summed E-state index contributed by atoms with van der Waals surface area (Å²) in [5.74, 6) is 0.778. The minimum absolute atomic E-state index is 0.0396. The van der Waals surface area contributed by atoms with Crippen LogP contribution in [-0.2, 0) is 0 Å². The Balaban J connectivity index is 2.43. The zero-order chi connectivity index (χ0) is 12.1. The zero-order valence-corrected chi connectivity index (χ0v) is 11.0. The van der Waals surface area contributed by atoms with Crippen LogP contribution in [-0.4, -0.2) is 12.3 Å². The number of nitrogens with two attached hydrogens (primary N) is 1. The Hall–Kier alpha value is -1.03. The first kappa shape index (κ1) is 13.0. The topological polar surface area (TPSA) is 55.1 Å². The van der Waals surface area contributed by atoms with E-state index in [2.05, 4.69) is 19.2 Å². The number of hydrogen-bond acceptors (Lipinski definition) is 4. The Morgan fingerprint density at radius 3 is 2.75 bits per heavy atom. The zero-order valence-electron chi connectivity index (χ0n) is 10.2. The number of rotatable bonds is 6. The predicted molar refractivity (Wildman–Crippen MR) is 71.3 cm³/mol. The van der Waals surface area contributed by atoms with Gasteiger partial charge in [-0.05, 0) is 24.8 Å². The number of thiophene rings is 1. The number of ketones is 1. The van der Waals surface area contributed by atoms with Crippen LogP contribution in [0.15, 0.2) is 6.07 Å². The van der Waals surface area contributed by atoms with E-state index < -0.39 is 0 Å². The van der Waals surface area contributed by atoms with Crippen LogP contribution in [0.1, 0.15) is 43.3 Å². The summed E-state index contributed by atoms with van der Waals surface area (Å²) in [5, 5.41) is 4.29. The second kappa shape index (κ2) is 5.89. The molecule has 0 spiro atoms. The van der Waals surface area contributed by atoms with E-state index >= 15 is 0 Å². The van der Waals surface area contributed by atoms with Gasteiger partial charge in [-0.15, -0.1) is 11.3 Å². The van der Waals surface area contributed by atoms with Crippen LogP contribution in [0.3, 0.4) is 0 Å². The van der Waals surface area contributed by atoms with Gasteiger partial charge in [-0.3, -0.25) is 4.79 Å². The summed E-state index contributed by atoms with van der Waals surface area (Å²) >= 11 is 1.44. The minimum atomic E-state index is 0.0396. The molecule has 16 heavy (non-hydrogen) atoms. The van der Waals surface area contributed by atoms with E-state index in [4.69, 9.17) is 5.73 Å². The number of nitrogen functional groups attached to an aromatic ring is 1. The largest absolute Gasteiger partial charge is 0.397 e. The van der Waals surface area contributed by atoms with Crippen LogP contribution in [0.2, 0.25) is 0 Å². The first-order valence-corrected chi connectivity index (χ1v) is 6.46. The molecule has 0 fully saturated rings. The molecule has 0 amide bonds. The smallest absolute Gasteiger partial charge is 0.171 e. The molecule has 0 saturated carbocycles. The van der Waals surface area contributed by atoms with Crippen LogP contribution < -0.4 is 11.1 Å². The highest BCUT2D eigenvalue weighted by Crippen LogP contribution is 2.29. The SMILES string of the molecule is CC(=O)c1sc(NCCCC(C)C)cc1N. The molecule has 0 atom stereocenters. The van der Waals surface area contributed by atoms with Crippen molar-refractivity contribution in [2.24, 2.45) is 5.92 Å². The Morgan fingerprint density at radius 1 is 1.56 bits per heavy atom. The summed E-state index contributed by atoms with van der Waals surface area (Å²) in [6.07, 6.45) is 2.36. The maximum absolute atomic E-state index is 11.2. The van der Waals surface area contributed by atoms with E-state index in [0.717, 1.165) is 23.9 Å². The van der Waals surface area contributed by atoms with E-state index in [1.807, 2.05) is 6.07 Å². The fraction of sp³-hybridized carbons (Fsp3) is 0.583. The fourth-order valence-corrected chi connectivity index (χ4v) is 2.39. The van der Waals surface area contributed by atoms with E-state index in [0.29, 0.717) is 10.6 Å². The summed E-state index contributed by atoms with van der Waals surface area (Å²) in [6.45, 7) is 6.92. The van der Waals surface area contributed by atoms with Crippen LogP contribution in [0.4, 0.5) is 10.7 Å². The third-order valence-electron chi connectivity index (χ3n) is 2.34. The number of carbonyl (C=O) groups excluding carboxylic acids is 1. The molecule has 0 aliphatic carbocycles. The summed E-state index contributed by atoms with van der Waals surface area (Å²) in [5.41, 5.74) is 6.33. The molecule has 3 nitrogen and oxygen atoms in total. The summed E-state index contributed by atoms with van der Waals surface area (Å²) in [6, 6.07) is 1.84. The van der Waals surface area contributed by atoms with E-state index in [9.17, 15) is 4.79 Å². The lowest BCUT2D eigenvalue weighted by atomic mass is 10.1. The van der Waals surface area contributed by atoms with Crippen molar-refractivity contribution in [3.05, 3.63) is 10.9 Å². The lowest BCUT2D eigenvalue weighted by Crippen LogP contribution is -2.01. The normalized spacial score (nSPS) is 10.8. The van der Waals surface area contributed by atoms with Gasteiger partial charge in [0.2, 0.25) is 0 Å². The quantitative estimate of drug-likeness (QED) is 0.592. The first-order valence-electron chi connectivity index (χ1n) is 5.64. The highest BCUT2D eigenvalue weighted by atomic mass is 32.1. The molecule has 0 bridgehead atoms. The van der Waals surface area contributed by atoms with Crippen molar-refractivity contribution in [2.75, 3.05) is 17.6 Å². The maximum atomic E-state index is 11.2. The molecule has 1 rings (SSSR count). The summed E-state index contributed by atoms with van der Waals surface area (Å²) < 4.78 is 0. The lowest BCUT2D eigenvalue weighted by molar-refractivity contribution is 0.102. The van der Waals surface area contributed by atoms with Gasteiger partial charge < -0.3 is 11.1 Å². The molecule has 0 saturated heterocycles. The molecular formula is C12H20N2OS. The van der Waals surface area contributed by atoms with Crippen molar-refractivity contribution in [2.45, 2.75) is 33.6 Å². The van der Waals surface area contributed by atoms with E-state index in [-0.39, 0.29) is 5.78 Å². The standard InChI is InChI=1S/C12H20N2OS/c1-8(2)5-4-6-14-11-7-10(13)12(16-11)9(3)15/h7-8,14H,4-6,13H2,1-3H3. The average molecular weight is 240 g/mol. The monoisotopic (exact) mass is 240 g/mol. The van der Waals surface area contributed by atoms with Gasteiger partial charge in [-0.1, -0.05) is 13.8 Å². The molecule has 0 unspecified atom stereocenters. The molecular weight excluding hydrogens is 220 g/mol. The van der Waals surface area contributed by atoms with Crippen molar-refractivity contribution < 1.29 is 4.79 Å². The van der Waals surface area contributed by atoms with Crippen LogP contribution >= 0.6 is 11.3 Å². The van der Waals surface area contributed by atoms with Crippen molar-refractivity contribution in [3.63, 3.8) is 0 Å². The molecule has 1 aromatic heterocycles. The Bertz CT molecular complexity index is 358. The number of Topliss-reactive ketones (excluding diaryl/α,β-unsaturated/α-hetero) is 1. The van der Waals surface area contributed by atoms with Crippen LogP contribution in [0.25, 0.3) is 0 Å². The molecule has 1 aromatic rings. The van der Waals surface area contributed by atoms with Gasteiger partial charge in [-0.2, -0.15) is 0 Å². The van der Waals surface area contributed by atoms with Gasteiger partial charge in [0.1, 0.15) is 0 Å². The van der Waals surface area contributed by atoms with Gasteiger partial charge in [-0.25, -0.2) is 0 Å². The molecule has 4 heteroatoms. The van der Waals surface area contributed by atoms with Crippen LogP contribution in [0.5, 0.6) is 0 Å². The summed E-state index contributed by atoms with van der Waals surface area (Å²) in [4.78, 5) is 11.9. The number of nitrogens with one attached hydrogen (secondary N) is 1. The van der Waals surface area contributed by atoms with E-state index in [1.165, 1.54) is 17.8 Å². The number of carbonyl (C=O) groups is 1. The van der Waals surface area contributed by atoms with Gasteiger partial charge in [0, 0.05) is 13.5 Å². The summed E-state index contributed by atoms with van der Waals surface area (Å²) in [7, 11) is 0. The van der Waals surface area contributed by atoms with E-state index in [1.54, 1.807) is 6.92 Å². The molecule has 0 aliphatic rings. The Morgan fingerprint density at radius 2 is 2.25 bits per heavy atom.